The lowest BCUT2D eigenvalue weighted by molar-refractivity contribution is -0.119. The topological polar surface area (TPSA) is 63.9 Å². The van der Waals surface area contributed by atoms with Gasteiger partial charge < -0.3 is 0 Å². The molecule has 1 unspecified atom stereocenters. The first-order chi connectivity index (χ1) is 16.3. The Bertz CT molecular complexity index is 1370. The average Bonchev–Trinajstić information content (AvgIpc) is 3.14. The van der Waals surface area contributed by atoms with Crippen molar-refractivity contribution in [3.8, 4) is 5.95 Å². The maximum Gasteiger partial charge on any atom is 0.252 e. The van der Waals surface area contributed by atoms with Gasteiger partial charge in [-0.2, -0.15) is 9.78 Å². The summed E-state index contributed by atoms with van der Waals surface area (Å²) in [5.41, 5.74) is 8.29. The molecule has 0 saturated carbocycles. The third-order valence-corrected chi connectivity index (χ3v) is 6.59. The molecular weight excluding hydrogens is 422 g/mol. The quantitative estimate of drug-likeness (QED) is 0.424. The highest BCUT2D eigenvalue weighted by Gasteiger charge is 2.38. The summed E-state index contributed by atoms with van der Waals surface area (Å²) in [5.74, 6) is 1.28. The number of hydrogen-bond acceptors (Lipinski definition) is 4. The van der Waals surface area contributed by atoms with E-state index in [4.69, 9.17) is 5.10 Å². The Morgan fingerprint density at radius 3 is 2.26 bits per heavy atom. The van der Waals surface area contributed by atoms with Gasteiger partial charge >= 0.3 is 0 Å². The fraction of sp³-hybridized carbons (Fsp3) is 0.286. The summed E-state index contributed by atoms with van der Waals surface area (Å²) < 4.78 is 1.77. The zero-order chi connectivity index (χ0) is 24.0. The smallest absolute Gasteiger partial charge is 0.252 e. The number of aryl methyl sites for hydroxylation is 5. The predicted molar refractivity (Wildman–Crippen MR) is 133 cm³/mol. The number of nitrogens with zero attached hydrogens (tertiary/aromatic N) is 5. The summed E-state index contributed by atoms with van der Waals surface area (Å²) in [7, 11) is 0. The maximum absolute atomic E-state index is 13.7. The van der Waals surface area contributed by atoms with Gasteiger partial charge in [-0.1, -0.05) is 54.1 Å². The molecule has 172 valence electrons. The molecule has 1 amide bonds. The van der Waals surface area contributed by atoms with Crippen molar-refractivity contribution in [2.45, 2.75) is 53.5 Å². The molecule has 6 nitrogen and oxygen atoms in total. The molecule has 0 fully saturated rings. The van der Waals surface area contributed by atoms with E-state index in [0.29, 0.717) is 18.9 Å². The van der Waals surface area contributed by atoms with Crippen LogP contribution in [0.2, 0.25) is 0 Å². The lowest BCUT2D eigenvalue weighted by Crippen LogP contribution is -2.38. The maximum atomic E-state index is 13.7. The van der Waals surface area contributed by atoms with E-state index in [9.17, 15) is 4.79 Å². The number of fused-ring (bicyclic) bond motifs is 1. The molecule has 6 heteroatoms. The van der Waals surface area contributed by atoms with E-state index in [0.717, 1.165) is 45.2 Å². The number of rotatable bonds is 4. The van der Waals surface area contributed by atoms with Gasteiger partial charge in [0, 0.05) is 29.3 Å². The van der Waals surface area contributed by atoms with Crippen LogP contribution in [0.1, 0.15) is 57.2 Å². The van der Waals surface area contributed by atoms with Crippen molar-refractivity contribution in [1.29, 1.82) is 0 Å². The van der Waals surface area contributed by atoms with Crippen molar-refractivity contribution >= 4 is 11.7 Å². The SMILES string of the molecule is Cc1ccc(C2CC(=O)N(Cc3ccccc3C)c3c2c(C)nn3-c2nc(C)cc(C)n2)cc1. The molecule has 3 heterocycles. The number of benzene rings is 2. The minimum Gasteiger partial charge on any atom is -0.292 e. The van der Waals surface area contributed by atoms with Gasteiger partial charge in [-0.05, 0) is 57.4 Å². The van der Waals surface area contributed by atoms with E-state index in [1.54, 1.807) is 4.68 Å². The van der Waals surface area contributed by atoms with E-state index >= 15 is 0 Å². The highest BCUT2D eigenvalue weighted by Crippen LogP contribution is 2.43. The zero-order valence-corrected chi connectivity index (χ0v) is 20.3. The van der Waals surface area contributed by atoms with E-state index < -0.39 is 0 Å². The summed E-state index contributed by atoms with van der Waals surface area (Å²) in [5, 5.41) is 4.88. The number of amides is 1. The fourth-order valence-corrected chi connectivity index (χ4v) is 4.85. The molecule has 2 aromatic carbocycles. The molecule has 5 rings (SSSR count). The molecule has 1 aliphatic heterocycles. The second-order valence-electron chi connectivity index (χ2n) is 9.26. The molecule has 0 spiro atoms. The van der Waals surface area contributed by atoms with Crippen molar-refractivity contribution in [1.82, 2.24) is 19.7 Å². The molecule has 34 heavy (non-hydrogen) atoms. The molecule has 1 atom stereocenters. The van der Waals surface area contributed by atoms with Crippen LogP contribution in [-0.2, 0) is 11.3 Å². The number of hydrogen-bond donors (Lipinski definition) is 0. The standard InChI is InChI=1S/C28H29N5O/c1-17-10-12-22(13-11-17)24-15-25(34)32(16-23-9-7-6-8-18(23)2)27-26(24)21(5)31-33(27)28-29-19(3)14-20(4)30-28/h6-14,24H,15-16H2,1-5H3. The van der Waals surface area contributed by atoms with Crippen LogP contribution in [0.25, 0.3) is 5.95 Å². The first-order valence-electron chi connectivity index (χ1n) is 11.7. The molecule has 4 aromatic rings. The van der Waals surface area contributed by atoms with Gasteiger partial charge in [0.05, 0.1) is 12.2 Å². The van der Waals surface area contributed by atoms with Crippen LogP contribution < -0.4 is 4.90 Å². The highest BCUT2D eigenvalue weighted by molar-refractivity contribution is 5.97. The van der Waals surface area contributed by atoms with Crippen LogP contribution in [0.4, 0.5) is 5.82 Å². The van der Waals surface area contributed by atoms with E-state index in [1.165, 1.54) is 5.56 Å². The van der Waals surface area contributed by atoms with Gasteiger partial charge in [0.25, 0.3) is 5.95 Å². The Kier molecular flexibility index (Phi) is 5.52. The number of carbonyl (C=O) groups excluding carboxylic acids is 1. The van der Waals surface area contributed by atoms with Gasteiger partial charge in [0.2, 0.25) is 5.91 Å². The molecule has 1 aliphatic rings. The predicted octanol–water partition coefficient (Wildman–Crippen LogP) is 5.27. The van der Waals surface area contributed by atoms with Crippen LogP contribution >= 0.6 is 0 Å². The van der Waals surface area contributed by atoms with Crippen molar-refractivity contribution < 1.29 is 4.79 Å². The van der Waals surface area contributed by atoms with Gasteiger partial charge in [-0.3, -0.25) is 9.69 Å². The largest absolute Gasteiger partial charge is 0.292 e. The van der Waals surface area contributed by atoms with E-state index in [-0.39, 0.29) is 11.8 Å². The second kappa shape index (κ2) is 8.52. The fourth-order valence-electron chi connectivity index (χ4n) is 4.85. The number of anilines is 1. The summed E-state index contributed by atoms with van der Waals surface area (Å²) in [6, 6.07) is 18.6. The third-order valence-electron chi connectivity index (χ3n) is 6.59. The van der Waals surface area contributed by atoms with Crippen LogP contribution in [-0.4, -0.2) is 25.7 Å². The van der Waals surface area contributed by atoms with Crippen molar-refractivity contribution in [2.24, 2.45) is 0 Å². The first-order valence-corrected chi connectivity index (χ1v) is 11.7. The minimum absolute atomic E-state index is 0.0594. The molecule has 0 bridgehead atoms. The van der Waals surface area contributed by atoms with Crippen molar-refractivity contribution in [3.05, 3.63) is 99.5 Å². The summed E-state index contributed by atoms with van der Waals surface area (Å²) in [4.78, 5) is 24.9. The van der Waals surface area contributed by atoms with Crippen LogP contribution in [0.3, 0.4) is 0 Å². The minimum atomic E-state index is -0.0594. The average molecular weight is 452 g/mol. The van der Waals surface area contributed by atoms with E-state index in [2.05, 4.69) is 60.2 Å². The summed E-state index contributed by atoms with van der Waals surface area (Å²) >= 11 is 0. The van der Waals surface area contributed by atoms with Crippen LogP contribution in [0.15, 0.2) is 54.6 Å². The highest BCUT2D eigenvalue weighted by atomic mass is 16.2. The Morgan fingerprint density at radius 1 is 0.912 bits per heavy atom. The summed E-state index contributed by atoms with van der Waals surface area (Å²) in [6.07, 6.45) is 0.405. The molecule has 0 saturated heterocycles. The van der Waals surface area contributed by atoms with Gasteiger partial charge in [0.15, 0.2) is 0 Å². The van der Waals surface area contributed by atoms with Gasteiger partial charge in [-0.25, -0.2) is 9.97 Å². The normalized spacial score (nSPS) is 15.5. The molecule has 2 aromatic heterocycles. The summed E-state index contributed by atoms with van der Waals surface area (Å²) in [6.45, 7) is 10.6. The number of aromatic nitrogens is 4. The molecule has 0 N–H and O–H groups in total. The van der Waals surface area contributed by atoms with E-state index in [1.807, 2.05) is 43.9 Å². The monoisotopic (exact) mass is 451 g/mol. The van der Waals surface area contributed by atoms with Crippen molar-refractivity contribution in [3.63, 3.8) is 0 Å². The van der Waals surface area contributed by atoms with Gasteiger partial charge in [0.1, 0.15) is 5.82 Å². The van der Waals surface area contributed by atoms with Crippen LogP contribution in [0, 0.1) is 34.6 Å². The van der Waals surface area contributed by atoms with Crippen LogP contribution in [0.5, 0.6) is 0 Å². The molecule has 0 radical (unpaired) electrons. The Labute approximate surface area is 200 Å². The first kappa shape index (κ1) is 22.0. The van der Waals surface area contributed by atoms with Gasteiger partial charge in [-0.15, -0.1) is 0 Å². The Balaban J connectivity index is 1.72. The molecular formula is C28H29N5O. The molecule has 0 aliphatic carbocycles. The second-order valence-corrected chi connectivity index (χ2v) is 9.26. The van der Waals surface area contributed by atoms with Crippen molar-refractivity contribution in [2.75, 3.05) is 4.90 Å². The Hall–Kier alpha value is -3.80. The zero-order valence-electron chi connectivity index (χ0n) is 20.3. The Morgan fingerprint density at radius 2 is 1.59 bits per heavy atom. The third kappa shape index (κ3) is 3.89. The lowest BCUT2D eigenvalue weighted by atomic mass is 9.84. The number of carbonyl (C=O) groups is 1. The lowest BCUT2D eigenvalue weighted by Gasteiger charge is -2.33.